The number of benzene rings is 2. The third-order valence-electron chi connectivity index (χ3n) is 5.47. The summed E-state index contributed by atoms with van der Waals surface area (Å²) in [6.07, 6.45) is 3.75. The predicted octanol–water partition coefficient (Wildman–Crippen LogP) is 2.76. The van der Waals surface area contributed by atoms with Gasteiger partial charge in [0.15, 0.2) is 11.2 Å². The molecule has 0 saturated heterocycles. The highest BCUT2D eigenvalue weighted by atomic mass is 16.2. The first-order chi connectivity index (χ1) is 14.6. The number of nitrogens with zero attached hydrogens (tertiary/aromatic N) is 5. The summed E-state index contributed by atoms with van der Waals surface area (Å²) in [5.41, 5.74) is 2.25. The van der Waals surface area contributed by atoms with Gasteiger partial charge < -0.3 is 9.47 Å². The van der Waals surface area contributed by atoms with Crippen molar-refractivity contribution in [1.29, 1.82) is 0 Å². The molecule has 0 unspecified atom stereocenters. The fourth-order valence-electron chi connectivity index (χ4n) is 3.95. The molecule has 3 heterocycles. The molecule has 0 atom stereocenters. The van der Waals surface area contributed by atoms with E-state index in [1.165, 1.54) is 9.13 Å². The molecule has 0 amide bonds. The van der Waals surface area contributed by atoms with Crippen LogP contribution in [0.3, 0.4) is 0 Å². The van der Waals surface area contributed by atoms with E-state index in [9.17, 15) is 9.59 Å². The molecule has 0 fully saturated rings. The van der Waals surface area contributed by atoms with E-state index < -0.39 is 0 Å². The number of hydrogen-bond acceptors (Lipinski definition) is 4. The van der Waals surface area contributed by atoms with Crippen molar-refractivity contribution in [1.82, 2.24) is 18.7 Å². The molecule has 4 aromatic rings. The Morgan fingerprint density at radius 3 is 2.40 bits per heavy atom. The first-order valence-electron chi connectivity index (χ1n) is 9.89. The van der Waals surface area contributed by atoms with Crippen LogP contribution in [0.2, 0.25) is 0 Å². The van der Waals surface area contributed by atoms with Crippen molar-refractivity contribution in [2.24, 2.45) is 7.05 Å². The van der Waals surface area contributed by atoms with E-state index in [2.05, 4.69) is 9.88 Å². The quantitative estimate of drug-likeness (QED) is 0.529. The van der Waals surface area contributed by atoms with Gasteiger partial charge in [-0.3, -0.25) is 13.9 Å². The fraction of sp³-hybridized carbons (Fsp3) is 0.174. The van der Waals surface area contributed by atoms with Crippen LogP contribution in [0.5, 0.6) is 0 Å². The Morgan fingerprint density at radius 2 is 1.67 bits per heavy atom. The number of aromatic nitrogens is 4. The lowest BCUT2D eigenvalue weighted by atomic mass is 10.2. The van der Waals surface area contributed by atoms with Crippen LogP contribution in [-0.4, -0.2) is 25.2 Å². The van der Waals surface area contributed by atoms with Gasteiger partial charge in [-0.2, -0.15) is 4.98 Å². The lowest BCUT2D eigenvalue weighted by Gasteiger charge is -2.15. The van der Waals surface area contributed by atoms with Crippen LogP contribution >= 0.6 is 0 Å². The molecule has 2 aromatic heterocycles. The Bertz CT molecular complexity index is 1360. The molecule has 0 spiro atoms. The Balaban J connectivity index is 1.59. The summed E-state index contributed by atoms with van der Waals surface area (Å²) >= 11 is 0. The predicted molar refractivity (Wildman–Crippen MR) is 118 cm³/mol. The van der Waals surface area contributed by atoms with E-state index in [4.69, 9.17) is 0 Å². The lowest BCUT2D eigenvalue weighted by molar-refractivity contribution is 0.663. The molecule has 150 valence electrons. The van der Waals surface area contributed by atoms with Gasteiger partial charge in [-0.1, -0.05) is 60.7 Å². The number of anilines is 2. The second-order valence-corrected chi connectivity index (χ2v) is 7.29. The maximum absolute atomic E-state index is 13.2. The van der Waals surface area contributed by atoms with Gasteiger partial charge in [-0.25, -0.2) is 4.79 Å². The summed E-state index contributed by atoms with van der Waals surface area (Å²) in [5.74, 6) is 0.695. The van der Waals surface area contributed by atoms with Gasteiger partial charge >= 0.3 is 5.69 Å². The molecule has 0 N–H and O–H groups in total. The maximum atomic E-state index is 13.2. The molecule has 1 aliphatic rings. The maximum Gasteiger partial charge on any atom is 0.332 e. The highest BCUT2D eigenvalue weighted by Crippen LogP contribution is 2.31. The van der Waals surface area contributed by atoms with Crippen molar-refractivity contribution in [2.45, 2.75) is 13.1 Å². The number of para-hydroxylation sites is 1. The third-order valence-corrected chi connectivity index (χ3v) is 5.47. The smallest absolute Gasteiger partial charge is 0.310 e. The highest BCUT2D eigenvalue weighted by molar-refractivity contribution is 5.77. The molecule has 0 bridgehead atoms. The second kappa shape index (κ2) is 7.18. The normalized spacial score (nSPS) is 13.4. The Labute approximate surface area is 172 Å². The first kappa shape index (κ1) is 18.2. The largest absolute Gasteiger partial charge is 0.332 e. The van der Waals surface area contributed by atoms with Gasteiger partial charge in [0, 0.05) is 32.4 Å². The molecule has 5 rings (SSSR count). The Hall–Kier alpha value is -3.87. The summed E-state index contributed by atoms with van der Waals surface area (Å²) in [6, 6.07) is 19.7. The second-order valence-electron chi connectivity index (χ2n) is 7.29. The van der Waals surface area contributed by atoms with Gasteiger partial charge in [-0.05, 0) is 17.7 Å². The lowest BCUT2D eigenvalue weighted by Crippen LogP contribution is -2.39. The molecule has 7 heteroatoms. The summed E-state index contributed by atoms with van der Waals surface area (Å²) in [5, 5.41) is 0. The fourth-order valence-corrected chi connectivity index (χ4v) is 3.95. The average molecular weight is 399 g/mol. The topological polar surface area (TPSA) is 65.1 Å². The molecule has 0 radical (unpaired) electrons. The van der Waals surface area contributed by atoms with E-state index in [-0.39, 0.29) is 17.8 Å². The van der Waals surface area contributed by atoms with Crippen LogP contribution in [0.4, 0.5) is 11.6 Å². The van der Waals surface area contributed by atoms with Crippen LogP contribution in [0.25, 0.3) is 17.2 Å². The SMILES string of the molecule is Cn1c(=O)n(C/C=C\c2ccccc2)c(=O)c2c1nc1n2CCN1c1ccccc1. The molecule has 7 nitrogen and oxygen atoms in total. The van der Waals surface area contributed by atoms with Crippen molar-refractivity contribution in [3.63, 3.8) is 0 Å². The molecule has 0 saturated carbocycles. The molecule has 30 heavy (non-hydrogen) atoms. The van der Waals surface area contributed by atoms with Gasteiger partial charge in [0.25, 0.3) is 5.56 Å². The van der Waals surface area contributed by atoms with Crippen LogP contribution in [0, 0.1) is 0 Å². The Morgan fingerprint density at radius 1 is 0.967 bits per heavy atom. The van der Waals surface area contributed by atoms with E-state index in [1.807, 2.05) is 77.4 Å². The van der Waals surface area contributed by atoms with Gasteiger partial charge in [0.1, 0.15) is 0 Å². The van der Waals surface area contributed by atoms with Gasteiger partial charge in [0.2, 0.25) is 5.95 Å². The van der Waals surface area contributed by atoms with Crippen molar-refractivity contribution in [3.8, 4) is 0 Å². The number of allylic oxidation sites excluding steroid dienone is 1. The first-order valence-corrected chi connectivity index (χ1v) is 9.89. The van der Waals surface area contributed by atoms with Crippen LogP contribution in [0.1, 0.15) is 5.56 Å². The number of rotatable bonds is 4. The zero-order chi connectivity index (χ0) is 20.7. The van der Waals surface area contributed by atoms with E-state index in [1.54, 1.807) is 7.05 Å². The van der Waals surface area contributed by atoms with Gasteiger partial charge in [-0.15, -0.1) is 0 Å². The van der Waals surface area contributed by atoms with E-state index in [0.29, 0.717) is 23.7 Å². The standard InChI is InChI=1S/C23H21N5O2/c1-25-20-19(27-16-15-26(22(27)24-20)18-12-6-3-7-13-18)21(29)28(23(25)30)14-8-11-17-9-4-2-5-10-17/h2-13H,14-16H2,1H3/b11-8-. The minimum Gasteiger partial charge on any atom is -0.310 e. The monoisotopic (exact) mass is 399 g/mol. The van der Waals surface area contributed by atoms with Crippen LogP contribution in [-0.2, 0) is 20.1 Å². The third kappa shape index (κ3) is 2.86. The Kier molecular flexibility index (Phi) is 4.35. The highest BCUT2D eigenvalue weighted by Gasteiger charge is 2.28. The summed E-state index contributed by atoms with van der Waals surface area (Å²) in [4.78, 5) is 32.8. The minimum atomic E-state index is -0.367. The number of hydrogen-bond donors (Lipinski definition) is 0. The van der Waals surface area contributed by atoms with E-state index in [0.717, 1.165) is 17.8 Å². The molecular weight excluding hydrogens is 378 g/mol. The van der Waals surface area contributed by atoms with Crippen LogP contribution < -0.4 is 16.1 Å². The summed E-state index contributed by atoms with van der Waals surface area (Å²) in [7, 11) is 1.66. The molecule has 1 aliphatic heterocycles. The van der Waals surface area contributed by atoms with Crippen molar-refractivity contribution >= 4 is 28.9 Å². The summed E-state index contributed by atoms with van der Waals surface area (Å²) in [6.45, 7) is 1.59. The number of imidazole rings is 1. The average Bonchev–Trinajstić information content (AvgIpc) is 3.35. The number of aryl methyl sites for hydroxylation is 1. The van der Waals surface area contributed by atoms with Crippen molar-refractivity contribution < 1.29 is 0 Å². The van der Waals surface area contributed by atoms with Crippen LogP contribution in [0.15, 0.2) is 76.3 Å². The summed E-state index contributed by atoms with van der Waals surface area (Å²) < 4.78 is 4.64. The zero-order valence-corrected chi connectivity index (χ0v) is 16.6. The number of fused-ring (bicyclic) bond motifs is 3. The zero-order valence-electron chi connectivity index (χ0n) is 16.6. The van der Waals surface area contributed by atoms with Crippen molar-refractivity contribution in [3.05, 3.63) is 93.1 Å². The minimum absolute atomic E-state index is 0.208. The van der Waals surface area contributed by atoms with Gasteiger partial charge in [0.05, 0.1) is 0 Å². The van der Waals surface area contributed by atoms with Crippen molar-refractivity contribution in [2.75, 3.05) is 11.4 Å². The molecular formula is C23H21N5O2. The molecule has 2 aromatic carbocycles. The van der Waals surface area contributed by atoms with E-state index >= 15 is 0 Å². The molecule has 0 aliphatic carbocycles.